The van der Waals surface area contributed by atoms with Crippen molar-refractivity contribution >= 4 is 46.3 Å². The third-order valence-electron chi connectivity index (χ3n) is 17.4. The van der Waals surface area contributed by atoms with Crippen molar-refractivity contribution in [2.75, 3.05) is 60.5 Å². The van der Waals surface area contributed by atoms with E-state index in [0.29, 0.717) is 52.1 Å². The molecule has 0 aliphatic rings. The van der Waals surface area contributed by atoms with Crippen LogP contribution in [0.1, 0.15) is 227 Å². The van der Waals surface area contributed by atoms with E-state index in [2.05, 4.69) is 170 Å². The first kappa shape index (κ1) is 76.2. The number of benzene rings is 6. The van der Waals surface area contributed by atoms with E-state index in [0.717, 1.165) is 107 Å². The second-order valence-corrected chi connectivity index (χ2v) is 24.7. The molecule has 0 saturated heterocycles. The van der Waals surface area contributed by atoms with E-state index in [1.54, 1.807) is 9.80 Å². The molecule has 0 unspecified atom stereocenters. The molecule has 0 saturated carbocycles. The van der Waals surface area contributed by atoms with E-state index in [-0.39, 0.29) is 17.7 Å². The second kappa shape index (κ2) is 48.2. The molecule has 502 valence electrons. The van der Waals surface area contributed by atoms with Crippen LogP contribution in [-0.4, -0.2) is 94.3 Å². The van der Waals surface area contributed by atoms with Crippen LogP contribution in [0, 0.1) is 0 Å². The number of hydrogen-bond donors (Lipinski definition) is 2. The quantitative estimate of drug-likeness (QED) is 0.0222. The second-order valence-electron chi connectivity index (χ2n) is 24.7. The maximum atomic E-state index is 12.7. The van der Waals surface area contributed by atoms with Gasteiger partial charge in [-0.05, 0) is 145 Å². The third-order valence-corrected chi connectivity index (χ3v) is 17.4. The van der Waals surface area contributed by atoms with Crippen LogP contribution in [0.15, 0.2) is 170 Å². The topological polar surface area (TPSA) is 117 Å². The van der Waals surface area contributed by atoms with Gasteiger partial charge in [0, 0.05) is 46.3 Å². The number of nitrogens with zero attached hydrogens (tertiary/aromatic N) is 2. The minimum Gasteiger partial charge on any atom is -0.492 e. The Morgan fingerprint density at radius 3 is 1.04 bits per heavy atom. The Morgan fingerprint density at radius 2 is 0.688 bits per heavy atom. The lowest BCUT2D eigenvalue weighted by Gasteiger charge is -2.18. The summed E-state index contributed by atoms with van der Waals surface area (Å²) in [7, 11) is 5.66. The maximum Gasteiger partial charge on any atom is 0.222 e. The Labute approximate surface area is 561 Å². The molecule has 6 aromatic rings. The van der Waals surface area contributed by atoms with Crippen LogP contribution >= 0.6 is 0 Å². The number of amides is 3. The first-order chi connectivity index (χ1) is 45.7. The Morgan fingerprint density at radius 1 is 0.376 bits per heavy atom. The molecular weight excluding hydrogens is 1150 g/mol. The molecule has 0 atom stereocenters. The lowest BCUT2D eigenvalue weighted by atomic mass is 9.88. The molecule has 0 bridgehead atoms. The van der Waals surface area contributed by atoms with E-state index in [9.17, 15) is 19.2 Å². The number of likely N-dealkylation sites (N-methyl/N-ethyl adjacent to an activating group) is 2. The molecule has 0 radical (unpaired) electrons. The third kappa shape index (κ3) is 30.8. The van der Waals surface area contributed by atoms with Gasteiger partial charge in [0.15, 0.2) is 0 Å². The summed E-state index contributed by atoms with van der Waals surface area (Å²) in [5.41, 5.74) is 12.3. The molecule has 10 heteroatoms. The lowest BCUT2D eigenvalue weighted by Crippen LogP contribution is -2.30. The molecule has 0 aromatic heterocycles. The Kier molecular flexibility index (Phi) is 39.5. The van der Waals surface area contributed by atoms with E-state index >= 15 is 0 Å². The van der Waals surface area contributed by atoms with Crippen LogP contribution in [0.4, 0.5) is 0 Å². The summed E-state index contributed by atoms with van der Waals surface area (Å²) in [6.45, 7) is 8.15. The van der Waals surface area contributed by atoms with Crippen LogP contribution in [0.2, 0.25) is 0 Å². The van der Waals surface area contributed by atoms with E-state index in [1.165, 1.54) is 134 Å². The number of carbonyl (C=O) groups excluding carboxylic acids is 4. The normalized spacial score (nSPS) is 11.6. The van der Waals surface area contributed by atoms with Crippen molar-refractivity contribution in [1.82, 2.24) is 20.4 Å². The zero-order valence-electron chi connectivity index (χ0n) is 57.6. The number of hydrogen-bond acceptors (Lipinski definition) is 7. The van der Waals surface area contributed by atoms with E-state index in [4.69, 9.17) is 9.47 Å². The summed E-state index contributed by atoms with van der Waals surface area (Å²) >= 11 is 0. The average molecular weight is 1260 g/mol. The van der Waals surface area contributed by atoms with Gasteiger partial charge in [-0.2, -0.15) is 0 Å². The summed E-state index contributed by atoms with van der Waals surface area (Å²) in [6.07, 6.45) is 31.5. The minimum absolute atomic E-state index is 0.130. The summed E-state index contributed by atoms with van der Waals surface area (Å²) in [5, 5.41) is 6.20. The number of carbonyl (C=O) groups is 4. The molecule has 6 aromatic carbocycles. The summed E-state index contributed by atoms with van der Waals surface area (Å²) in [6, 6.07) is 59.0. The van der Waals surface area contributed by atoms with Gasteiger partial charge in [-0.1, -0.05) is 262 Å². The lowest BCUT2D eigenvalue weighted by molar-refractivity contribution is -0.131. The van der Waals surface area contributed by atoms with Crippen molar-refractivity contribution < 1.29 is 28.7 Å². The highest BCUT2D eigenvalue weighted by Crippen LogP contribution is 2.37. The van der Waals surface area contributed by atoms with Gasteiger partial charge in [0.1, 0.15) is 31.0 Å². The van der Waals surface area contributed by atoms with Crippen molar-refractivity contribution in [3.8, 4) is 11.5 Å². The van der Waals surface area contributed by atoms with Crippen molar-refractivity contribution in [2.45, 2.75) is 194 Å². The van der Waals surface area contributed by atoms with Gasteiger partial charge < -0.3 is 34.7 Å². The molecule has 0 aliphatic carbocycles. The summed E-state index contributed by atoms with van der Waals surface area (Å²) in [5.74, 6) is 2.08. The molecule has 6 rings (SSSR count). The van der Waals surface area contributed by atoms with Gasteiger partial charge in [-0.25, -0.2) is 0 Å². The molecule has 0 heterocycles. The number of nitrogens with one attached hydrogen (secondary N) is 2. The Balaban J connectivity index is 0.000000373. The first-order valence-electron chi connectivity index (χ1n) is 35.6. The number of aldehydes is 1. The fraction of sp³-hybridized carbons (Fsp3) is 0.470. The summed E-state index contributed by atoms with van der Waals surface area (Å²) < 4.78 is 12.0. The predicted molar refractivity (Wildman–Crippen MR) is 390 cm³/mol. The van der Waals surface area contributed by atoms with Crippen molar-refractivity contribution in [3.63, 3.8) is 0 Å². The van der Waals surface area contributed by atoms with Crippen LogP contribution in [0.3, 0.4) is 0 Å². The first-order valence-corrected chi connectivity index (χ1v) is 35.6. The van der Waals surface area contributed by atoms with Gasteiger partial charge >= 0.3 is 0 Å². The number of ether oxygens (including phenoxy) is 2. The smallest absolute Gasteiger partial charge is 0.222 e. The number of allylic oxidation sites excluding steroid dienone is 2. The van der Waals surface area contributed by atoms with Gasteiger partial charge in [0.2, 0.25) is 17.7 Å². The molecule has 10 nitrogen and oxygen atoms in total. The van der Waals surface area contributed by atoms with Crippen LogP contribution < -0.4 is 20.1 Å². The highest BCUT2D eigenvalue weighted by molar-refractivity contribution is 5.99. The van der Waals surface area contributed by atoms with Crippen LogP contribution in [0.25, 0.3) is 22.3 Å². The van der Waals surface area contributed by atoms with Gasteiger partial charge in [-0.15, -0.1) is 0 Å². The van der Waals surface area contributed by atoms with Gasteiger partial charge in [0.05, 0.1) is 13.1 Å². The monoisotopic (exact) mass is 1260 g/mol. The molecule has 0 spiro atoms. The Bertz CT molecular complexity index is 3000. The van der Waals surface area contributed by atoms with E-state index < -0.39 is 0 Å². The highest BCUT2D eigenvalue weighted by atomic mass is 16.5. The average Bonchev–Trinajstić information content (AvgIpc) is 0.918. The largest absolute Gasteiger partial charge is 0.492 e. The van der Waals surface area contributed by atoms with Crippen LogP contribution in [0.5, 0.6) is 11.5 Å². The zero-order valence-corrected chi connectivity index (χ0v) is 57.6. The minimum atomic E-state index is 0.130. The highest BCUT2D eigenvalue weighted by Gasteiger charge is 2.16. The van der Waals surface area contributed by atoms with Crippen molar-refractivity contribution in [2.24, 2.45) is 0 Å². The number of unbranched alkanes of at least 4 members (excludes halogenated alkanes) is 20. The standard InChI is InChI=1S/C51H74N2O4.C32H40N2O2/c1-3-48(44-30-22-19-23-31-44)51(45-32-24-20-25-33-45)46-36-38-47(39-37-46)57-43-41-53(2)50(56)35-27-21-28-40-52-49(55)34-26-17-15-13-11-9-7-5-4-6-8-10-12-14-16-18-29-42-54;1-4-30(26-14-8-5-9-15-26)32(27-16-10-6-11-17-27)28-19-21-29(22-20-28)36-25-24-34(3)31(35)18-12-7-13-23-33-2/h19-20,22-25,30-33,36-39,42H,3-18,21,26-29,34-35,40-41,43H2,1-2H3,(H,52,55);5-6,8-11,14-17,19-22,33H,4,7,12-13,18,23-25H2,1-3H3/b51-48-;32-30-. The zero-order chi connectivity index (χ0) is 66.2. The van der Waals surface area contributed by atoms with E-state index in [1.807, 2.05) is 45.4 Å². The fourth-order valence-corrected chi connectivity index (χ4v) is 11.9. The van der Waals surface area contributed by atoms with Gasteiger partial charge in [0.25, 0.3) is 0 Å². The van der Waals surface area contributed by atoms with Crippen molar-refractivity contribution in [3.05, 3.63) is 203 Å². The fourth-order valence-electron chi connectivity index (χ4n) is 11.9. The molecule has 93 heavy (non-hydrogen) atoms. The molecule has 3 amide bonds. The van der Waals surface area contributed by atoms with Crippen molar-refractivity contribution in [1.29, 1.82) is 0 Å². The van der Waals surface area contributed by atoms with Crippen LogP contribution in [-0.2, 0) is 19.2 Å². The molecule has 0 fully saturated rings. The summed E-state index contributed by atoms with van der Waals surface area (Å²) in [4.78, 5) is 51.2. The number of rotatable bonds is 47. The van der Waals surface area contributed by atoms with Gasteiger partial charge in [-0.3, -0.25) is 14.4 Å². The maximum absolute atomic E-state index is 12.7. The Hall–Kier alpha value is -7.56. The molecular formula is C83H114N4O6. The molecule has 0 aliphatic heterocycles. The molecule has 2 N–H and O–H groups in total. The SMILES string of the molecule is CC/C(=C(\c1ccccc1)c1ccc(OCCN(C)C(=O)CCCCCNC(=O)CCCCCCCCCCCCCCCCCCC=O)cc1)c1ccccc1.CC/C(=C(\c1ccccc1)c1ccc(OCCN(C)C(=O)CCCCCNC)cc1)c1ccccc1. The predicted octanol–water partition coefficient (Wildman–Crippen LogP) is 19.5.